The minimum atomic E-state index is -1.14. The molecular weight excluding hydrogens is 670 g/mol. The van der Waals surface area contributed by atoms with Gasteiger partial charge in [0.05, 0.1) is 19.7 Å². The Morgan fingerprint density at radius 1 is 0.615 bits per heavy atom. The summed E-state index contributed by atoms with van der Waals surface area (Å²) in [4.78, 5) is 77.3. The third-order valence-electron chi connectivity index (χ3n) is 7.60. The van der Waals surface area contributed by atoms with Crippen LogP contribution >= 0.6 is 0 Å². The van der Waals surface area contributed by atoms with Crippen LogP contribution in [-0.4, -0.2) is 78.6 Å². The summed E-state index contributed by atoms with van der Waals surface area (Å²) in [6, 6.07) is 20.9. The third-order valence-corrected chi connectivity index (χ3v) is 7.60. The van der Waals surface area contributed by atoms with E-state index >= 15 is 0 Å². The highest BCUT2D eigenvalue weighted by Gasteiger charge is 2.29. The van der Waals surface area contributed by atoms with Crippen molar-refractivity contribution in [3.8, 4) is 5.75 Å². The number of aromatic hydroxyl groups is 1. The number of carbonyl (C=O) groups is 6. The average Bonchev–Trinajstić information content (AvgIpc) is 3.13. The van der Waals surface area contributed by atoms with Crippen molar-refractivity contribution in [3.05, 3.63) is 102 Å². The van der Waals surface area contributed by atoms with Crippen molar-refractivity contribution in [1.82, 2.24) is 26.6 Å². The number of rotatable bonds is 19. The van der Waals surface area contributed by atoms with Crippen molar-refractivity contribution >= 4 is 35.7 Å². The molecule has 278 valence electrons. The van der Waals surface area contributed by atoms with Gasteiger partial charge in [0.1, 0.15) is 30.5 Å². The average molecular weight is 718 g/mol. The number of ether oxygens (including phenoxy) is 2. The number of phenols is 1. The van der Waals surface area contributed by atoms with Gasteiger partial charge in [0.2, 0.25) is 23.6 Å². The standard InChI is InChI=1S/C38H47N5O9/c1-4-51-37(49)32(19-25(2)3)42-36(48)31(20-26-11-7-5-8-12-26)41-34(46)23-39-33(45)22-40-35(47)30(21-27-15-17-29(44)18-16-27)43-38(50)52-24-28-13-9-6-10-14-28/h5-18,25,30-32,44H,4,19-24H2,1-3H3,(H,39,45)(H,40,47)(H,41,46)(H,42,48)(H,43,50)/t30-,31-,32-/m0/s1. The number of hydrogen-bond donors (Lipinski definition) is 6. The molecule has 0 aromatic heterocycles. The molecule has 3 aromatic carbocycles. The zero-order valence-corrected chi connectivity index (χ0v) is 29.6. The van der Waals surface area contributed by atoms with Gasteiger partial charge in [0.25, 0.3) is 0 Å². The second-order valence-electron chi connectivity index (χ2n) is 12.4. The molecule has 3 atom stereocenters. The van der Waals surface area contributed by atoms with E-state index in [2.05, 4.69) is 26.6 Å². The molecular formula is C38H47N5O9. The first kappa shape index (κ1) is 40.5. The fourth-order valence-electron chi connectivity index (χ4n) is 5.02. The molecule has 52 heavy (non-hydrogen) atoms. The molecule has 0 spiro atoms. The Bertz CT molecular complexity index is 1620. The molecule has 6 N–H and O–H groups in total. The number of amides is 5. The second kappa shape index (κ2) is 21.3. The predicted octanol–water partition coefficient (Wildman–Crippen LogP) is 2.28. The first-order valence-electron chi connectivity index (χ1n) is 17.0. The van der Waals surface area contributed by atoms with Crippen LogP contribution in [0.25, 0.3) is 0 Å². The van der Waals surface area contributed by atoms with E-state index in [0.717, 1.165) is 11.1 Å². The van der Waals surface area contributed by atoms with E-state index in [4.69, 9.17) is 9.47 Å². The molecule has 3 rings (SSSR count). The van der Waals surface area contributed by atoms with E-state index < -0.39 is 66.9 Å². The van der Waals surface area contributed by atoms with Gasteiger partial charge in [-0.1, -0.05) is 86.6 Å². The summed E-state index contributed by atoms with van der Waals surface area (Å²) < 4.78 is 10.4. The first-order chi connectivity index (χ1) is 24.9. The Kier molecular flexibility index (Phi) is 16.6. The van der Waals surface area contributed by atoms with Gasteiger partial charge >= 0.3 is 12.1 Å². The highest BCUT2D eigenvalue weighted by atomic mass is 16.5. The van der Waals surface area contributed by atoms with Crippen LogP contribution < -0.4 is 26.6 Å². The summed E-state index contributed by atoms with van der Waals surface area (Å²) in [5.41, 5.74) is 2.12. The summed E-state index contributed by atoms with van der Waals surface area (Å²) in [5, 5.41) is 22.3. The maximum absolute atomic E-state index is 13.4. The topological polar surface area (TPSA) is 201 Å². The maximum atomic E-state index is 13.4. The van der Waals surface area contributed by atoms with Crippen LogP contribution in [0.15, 0.2) is 84.9 Å². The van der Waals surface area contributed by atoms with E-state index in [0.29, 0.717) is 12.0 Å². The molecule has 0 saturated heterocycles. The highest BCUT2D eigenvalue weighted by molar-refractivity contribution is 5.93. The van der Waals surface area contributed by atoms with Crippen molar-refractivity contribution in [2.75, 3.05) is 19.7 Å². The predicted molar refractivity (Wildman–Crippen MR) is 191 cm³/mol. The Hall–Kier alpha value is -5.92. The smallest absolute Gasteiger partial charge is 0.408 e. The van der Waals surface area contributed by atoms with Crippen molar-refractivity contribution in [3.63, 3.8) is 0 Å². The van der Waals surface area contributed by atoms with Gasteiger partial charge in [-0.25, -0.2) is 9.59 Å². The first-order valence-corrected chi connectivity index (χ1v) is 17.0. The molecule has 5 amide bonds. The molecule has 0 saturated carbocycles. The summed E-state index contributed by atoms with van der Waals surface area (Å²) in [7, 11) is 0. The second-order valence-corrected chi connectivity index (χ2v) is 12.4. The van der Waals surface area contributed by atoms with Gasteiger partial charge in [0, 0.05) is 12.8 Å². The van der Waals surface area contributed by atoms with Gasteiger partial charge in [-0.2, -0.15) is 0 Å². The number of phenolic OH excluding ortho intramolecular Hbond substituents is 1. The van der Waals surface area contributed by atoms with Gasteiger partial charge in [-0.3, -0.25) is 19.2 Å². The molecule has 0 unspecified atom stereocenters. The van der Waals surface area contributed by atoms with Crippen LogP contribution in [0.2, 0.25) is 0 Å². The van der Waals surface area contributed by atoms with E-state index in [-0.39, 0.29) is 37.7 Å². The lowest BCUT2D eigenvalue weighted by Gasteiger charge is -2.24. The lowest BCUT2D eigenvalue weighted by Crippen LogP contribution is -2.54. The monoisotopic (exact) mass is 717 g/mol. The number of esters is 1. The van der Waals surface area contributed by atoms with Crippen LogP contribution in [0.4, 0.5) is 4.79 Å². The summed E-state index contributed by atoms with van der Waals surface area (Å²) in [5.74, 6) is -3.15. The largest absolute Gasteiger partial charge is 0.508 e. The normalized spacial score (nSPS) is 12.4. The van der Waals surface area contributed by atoms with Gasteiger partial charge in [-0.15, -0.1) is 0 Å². The van der Waals surface area contributed by atoms with Crippen molar-refractivity contribution in [2.24, 2.45) is 5.92 Å². The minimum absolute atomic E-state index is 0.0234. The van der Waals surface area contributed by atoms with E-state index in [9.17, 15) is 33.9 Å². The van der Waals surface area contributed by atoms with Crippen LogP contribution in [0.3, 0.4) is 0 Å². The van der Waals surface area contributed by atoms with E-state index in [1.54, 1.807) is 67.6 Å². The van der Waals surface area contributed by atoms with Crippen molar-refractivity contribution in [1.29, 1.82) is 0 Å². The molecule has 14 heteroatoms. The molecule has 0 aliphatic heterocycles. The molecule has 0 fully saturated rings. The number of nitrogens with one attached hydrogen (secondary N) is 5. The van der Waals surface area contributed by atoms with Gasteiger partial charge < -0.3 is 41.2 Å². The summed E-state index contributed by atoms with van der Waals surface area (Å²) in [6.45, 7) is 4.56. The zero-order chi connectivity index (χ0) is 37.9. The number of alkyl carbamates (subject to hydrolysis) is 1. The molecule has 3 aromatic rings. The van der Waals surface area contributed by atoms with E-state index in [1.165, 1.54) is 12.1 Å². The Labute approximate surface area is 303 Å². The van der Waals surface area contributed by atoms with Crippen molar-refractivity contribution < 1.29 is 43.3 Å². The van der Waals surface area contributed by atoms with Crippen LogP contribution in [0, 0.1) is 5.92 Å². The molecule has 0 heterocycles. The fraction of sp³-hybridized carbons (Fsp3) is 0.368. The van der Waals surface area contributed by atoms with Crippen molar-refractivity contribution in [2.45, 2.75) is 64.8 Å². The van der Waals surface area contributed by atoms with Crippen LogP contribution in [0.5, 0.6) is 5.75 Å². The zero-order valence-electron chi connectivity index (χ0n) is 29.6. The van der Waals surface area contributed by atoms with Crippen LogP contribution in [-0.2, 0) is 52.9 Å². The number of benzene rings is 3. The summed E-state index contributed by atoms with van der Waals surface area (Å²) >= 11 is 0. The molecule has 0 bridgehead atoms. The molecule has 0 aliphatic carbocycles. The maximum Gasteiger partial charge on any atom is 0.408 e. The fourth-order valence-corrected chi connectivity index (χ4v) is 5.02. The Morgan fingerprint density at radius 3 is 1.77 bits per heavy atom. The highest BCUT2D eigenvalue weighted by Crippen LogP contribution is 2.12. The van der Waals surface area contributed by atoms with Crippen LogP contribution in [0.1, 0.15) is 43.9 Å². The molecule has 14 nitrogen and oxygen atoms in total. The van der Waals surface area contributed by atoms with Gasteiger partial charge in [0.15, 0.2) is 0 Å². The Balaban J connectivity index is 1.58. The van der Waals surface area contributed by atoms with Gasteiger partial charge in [-0.05, 0) is 48.1 Å². The van der Waals surface area contributed by atoms with E-state index in [1.807, 2.05) is 26.0 Å². The third kappa shape index (κ3) is 14.9. The molecule has 0 radical (unpaired) electrons. The lowest BCUT2D eigenvalue weighted by atomic mass is 10.0. The quantitative estimate of drug-likeness (QED) is 0.101. The number of hydrogen-bond acceptors (Lipinski definition) is 9. The molecule has 0 aliphatic rings. The minimum Gasteiger partial charge on any atom is -0.508 e. The summed E-state index contributed by atoms with van der Waals surface area (Å²) in [6.07, 6.45) is -0.382. The Morgan fingerprint density at radius 2 is 1.17 bits per heavy atom. The lowest BCUT2D eigenvalue weighted by molar-refractivity contribution is -0.148. The number of carbonyl (C=O) groups excluding carboxylic acids is 6. The SMILES string of the molecule is CCOC(=O)[C@H](CC(C)C)NC(=O)[C@H](Cc1ccccc1)NC(=O)CNC(=O)CNC(=O)[C@H](Cc1ccc(O)cc1)NC(=O)OCc1ccccc1.